The van der Waals surface area contributed by atoms with Gasteiger partial charge in [0.05, 0.1) is 24.7 Å². The Bertz CT molecular complexity index is 718. The van der Waals surface area contributed by atoms with Gasteiger partial charge in [0.1, 0.15) is 0 Å². The van der Waals surface area contributed by atoms with Crippen LogP contribution in [0.2, 0.25) is 0 Å². The van der Waals surface area contributed by atoms with Crippen molar-refractivity contribution >= 4 is 15.9 Å². The highest BCUT2D eigenvalue weighted by molar-refractivity contribution is 7.89. The number of ether oxygens (including phenoxy) is 2. The van der Waals surface area contributed by atoms with Gasteiger partial charge in [0.25, 0.3) is 0 Å². The molecule has 1 aliphatic heterocycles. The lowest BCUT2D eigenvalue weighted by Crippen LogP contribution is -2.42. The van der Waals surface area contributed by atoms with Crippen LogP contribution in [0, 0.1) is 5.92 Å². The van der Waals surface area contributed by atoms with Crippen LogP contribution in [0.5, 0.6) is 11.5 Å². The number of nitrogens with one attached hydrogen (secondary N) is 3. The second-order valence-electron chi connectivity index (χ2n) is 6.32. The fourth-order valence-electron chi connectivity index (χ4n) is 2.86. The first kappa shape index (κ1) is 21.5. The molecule has 1 aliphatic rings. The molecule has 3 N–H and O–H groups in total. The molecular formula is C18H29N3O5S. The summed E-state index contributed by atoms with van der Waals surface area (Å²) < 4.78 is 38.2. The van der Waals surface area contributed by atoms with Crippen LogP contribution in [-0.2, 0) is 14.8 Å². The molecule has 1 atom stereocenters. The average molecular weight is 400 g/mol. The van der Waals surface area contributed by atoms with Crippen molar-refractivity contribution < 1.29 is 22.7 Å². The van der Waals surface area contributed by atoms with Gasteiger partial charge in [-0.2, -0.15) is 0 Å². The summed E-state index contributed by atoms with van der Waals surface area (Å²) in [5.41, 5.74) is 0. The fourth-order valence-corrected chi connectivity index (χ4v) is 3.86. The molecule has 8 nitrogen and oxygen atoms in total. The summed E-state index contributed by atoms with van der Waals surface area (Å²) in [6.45, 7) is 6.60. The number of rotatable bonds is 10. The topological polar surface area (TPSA) is 106 Å². The minimum absolute atomic E-state index is 0.0266. The standard InChI is InChI=1S/C18H29N3O5S/c1-3-25-16-8-7-15(10-17(16)26-4-2)27(23,24)21-13-18(22)20-12-14-6-5-9-19-11-14/h7-8,10,14,19,21H,3-6,9,11-13H2,1-2H3,(H,20,22). The zero-order valence-electron chi connectivity index (χ0n) is 15.9. The van der Waals surface area contributed by atoms with E-state index in [1.165, 1.54) is 12.1 Å². The van der Waals surface area contributed by atoms with E-state index >= 15 is 0 Å². The summed E-state index contributed by atoms with van der Waals surface area (Å²) in [6.07, 6.45) is 2.15. The van der Waals surface area contributed by atoms with Crippen molar-refractivity contribution in [3.63, 3.8) is 0 Å². The largest absolute Gasteiger partial charge is 0.490 e. The molecule has 1 aromatic carbocycles. The molecule has 2 rings (SSSR count). The highest BCUT2D eigenvalue weighted by atomic mass is 32.2. The highest BCUT2D eigenvalue weighted by Crippen LogP contribution is 2.30. The van der Waals surface area contributed by atoms with Gasteiger partial charge < -0.3 is 20.1 Å². The van der Waals surface area contributed by atoms with Gasteiger partial charge in [-0.1, -0.05) is 0 Å². The van der Waals surface area contributed by atoms with Gasteiger partial charge in [-0.25, -0.2) is 13.1 Å². The molecule has 0 spiro atoms. The first-order valence-corrected chi connectivity index (χ1v) is 10.8. The SMILES string of the molecule is CCOc1ccc(S(=O)(=O)NCC(=O)NCC2CCCNC2)cc1OCC. The van der Waals surface area contributed by atoms with Crippen LogP contribution in [-0.4, -0.2) is 53.7 Å². The third-order valence-corrected chi connectivity index (χ3v) is 5.63. The first-order chi connectivity index (χ1) is 13.0. The van der Waals surface area contributed by atoms with Gasteiger partial charge in [-0.3, -0.25) is 4.79 Å². The lowest BCUT2D eigenvalue weighted by Gasteiger charge is -2.22. The molecule has 1 fully saturated rings. The van der Waals surface area contributed by atoms with Crippen LogP contribution < -0.4 is 24.8 Å². The Morgan fingerprint density at radius 2 is 1.96 bits per heavy atom. The van der Waals surface area contributed by atoms with Crippen molar-refractivity contribution in [3.8, 4) is 11.5 Å². The van der Waals surface area contributed by atoms with E-state index < -0.39 is 10.0 Å². The van der Waals surface area contributed by atoms with Gasteiger partial charge >= 0.3 is 0 Å². The molecular weight excluding hydrogens is 370 g/mol. The van der Waals surface area contributed by atoms with E-state index in [1.54, 1.807) is 13.0 Å². The van der Waals surface area contributed by atoms with Crippen molar-refractivity contribution in [2.45, 2.75) is 31.6 Å². The highest BCUT2D eigenvalue weighted by Gasteiger charge is 2.19. The molecule has 0 aliphatic carbocycles. The van der Waals surface area contributed by atoms with Crippen LogP contribution in [0.15, 0.2) is 23.1 Å². The van der Waals surface area contributed by atoms with E-state index in [4.69, 9.17) is 9.47 Å². The van der Waals surface area contributed by atoms with Crippen LogP contribution in [0.4, 0.5) is 0 Å². The summed E-state index contributed by atoms with van der Waals surface area (Å²) in [6, 6.07) is 4.39. The Morgan fingerprint density at radius 3 is 2.63 bits per heavy atom. The van der Waals surface area contributed by atoms with Crippen LogP contribution in [0.3, 0.4) is 0 Å². The third kappa shape index (κ3) is 6.67. The van der Waals surface area contributed by atoms with Crippen LogP contribution in [0.25, 0.3) is 0 Å². The van der Waals surface area contributed by atoms with Crippen LogP contribution >= 0.6 is 0 Å². The number of hydrogen-bond acceptors (Lipinski definition) is 6. The predicted molar refractivity (Wildman–Crippen MR) is 103 cm³/mol. The third-order valence-electron chi connectivity index (χ3n) is 4.23. The summed E-state index contributed by atoms with van der Waals surface area (Å²) >= 11 is 0. The van der Waals surface area contributed by atoms with E-state index in [-0.39, 0.29) is 17.3 Å². The second-order valence-corrected chi connectivity index (χ2v) is 8.08. The monoisotopic (exact) mass is 399 g/mol. The van der Waals surface area contributed by atoms with E-state index in [0.29, 0.717) is 37.2 Å². The Balaban J connectivity index is 1.92. The van der Waals surface area contributed by atoms with Gasteiger partial charge in [0.2, 0.25) is 15.9 Å². The average Bonchev–Trinajstić information content (AvgIpc) is 2.67. The smallest absolute Gasteiger partial charge is 0.241 e. The van der Waals surface area contributed by atoms with Crippen LogP contribution in [0.1, 0.15) is 26.7 Å². The van der Waals surface area contributed by atoms with E-state index in [0.717, 1.165) is 25.9 Å². The maximum Gasteiger partial charge on any atom is 0.241 e. The second kappa shape index (κ2) is 10.5. The quantitative estimate of drug-likeness (QED) is 0.539. The summed E-state index contributed by atoms with van der Waals surface area (Å²) in [5, 5.41) is 6.06. The number of piperidine rings is 1. The van der Waals surface area contributed by atoms with E-state index in [1.807, 2.05) is 6.92 Å². The van der Waals surface area contributed by atoms with Gasteiger partial charge in [-0.15, -0.1) is 0 Å². The maximum atomic E-state index is 12.5. The Hall–Kier alpha value is -1.84. The molecule has 1 saturated heterocycles. The van der Waals surface area contributed by atoms with Crippen molar-refractivity contribution in [1.82, 2.24) is 15.4 Å². The molecule has 0 saturated carbocycles. The molecule has 0 bridgehead atoms. The Labute approximate surface area is 161 Å². The van der Waals surface area contributed by atoms with Crippen molar-refractivity contribution in [2.75, 3.05) is 39.4 Å². The summed E-state index contributed by atoms with van der Waals surface area (Å²) in [4.78, 5) is 12.0. The van der Waals surface area contributed by atoms with Crippen molar-refractivity contribution in [3.05, 3.63) is 18.2 Å². The van der Waals surface area contributed by atoms with Gasteiger partial charge in [0, 0.05) is 12.6 Å². The zero-order valence-corrected chi connectivity index (χ0v) is 16.7. The zero-order chi connectivity index (χ0) is 19.7. The molecule has 1 aromatic rings. The number of carbonyl (C=O) groups excluding carboxylic acids is 1. The van der Waals surface area contributed by atoms with E-state index in [9.17, 15) is 13.2 Å². The van der Waals surface area contributed by atoms with Crippen molar-refractivity contribution in [1.29, 1.82) is 0 Å². The maximum absolute atomic E-state index is 12.5. The number of benzene rings is 1. The van der Waals surface area contributed by atoms with Gasteiger partial charge in [0.15, 0.2) is 11.5 Å². The van der Waals surface area contributed by atoms with E-state index in [2.05, 4.69) is 15.4 Å². The Kier molecular flexibility index (Phi) is 8.33. The lowest BCUT2D eigenvalue weighted by molar-refractivity contribution is -0.120. The van der Waals surface area contributed by atoms with Gasteiger partial charge in [-0.05, 0) is 57.8 Å². The molecule has 1 unspecified atom stereocenters. The number of amides is 1. The number of hydrogen-bond donors (Lipinski definition) is 3. The fraction of sp³-hybridized carbons (Fsp3) is 0.611. The number of carbonyl (C=O) groups is 1. The molecule has 9 heteroatoms. The Morgan fingerprint density at radius 1 is 1.22 bits per heavy atom. The normalized spacial score (nSPS) is 17.3. The summed E-state index contributed by atoms with van der Waals surface area (Å²) in [7, 11) is -3.83. The minimum atomic E-state index is -3.83. The van der Waals surface area contributed by atoms with Crippen molar-refractivity contribution in [2.24, 2.45) is 5.92 Å². The summed E-state index contributed by atoms with van der Waals surface area (Å²) in [5.74, 6) is 0.882. The predicted octanol–water partition coefficient (Wildman–Crippen LogP) is 0.878. The molecule has 1 amide bonds. The molecule has 27 heavy (non-hydrogen) atoms. The lowest BCUT2D eigenvalue weighted by atomic mass is 10.00. The molecule has 152 valence electrons. The number of sulfonamides is 1. The molecule has 1 heterocycles. The minimum Gasteiger partial charge on any atom is -0.490 e. The molecule has 0 aromatic heterocycles. The first-order valence-electron chi connectivity index (χ1n) is 9.33. The molecule has 0 radical (unpaired) electrons.